The number of hydrogen-bond donors (Lipinski definition) is 1. The quantitative estimate of drug-likeness (QED) is 0.876. The molecule has 1 aliphatic rings. The van der Waals surface area contributed by atoms with E-state index in [-0.39, 0.29) is 12.4 Å². The zero-order valence-electron chi connectivity index (χ0n) is 12.0. The molecule has 1 aromatic carbocycles. The van der Waals surface area contributed by atoms with Crippen LogP contribution in [0, 0.1) is 5.92 Å². The van der Waals surface area contributed by atoms with Crippen molar-refractivity contribution in [2.45, 2.75) is 19.8 Å². The van der Waals surface area contributed by atoms with Gasteiger partial charge in [0.15, 0.2) is 0 Å². The van der Waals surface area contributed by atoms with Crippen LogP contribution in [-0.4, -0.2) is 37.7 Å². The van der Waals surface area contributed by atoms with Gasteiger partial charge >= 0.3 is 0 Å². The van der Waals surface area contributed by atoms with Crippen molar-refractivity contribution in [2.75, 3.05) is 32.8 Å². The minimum atomic E-state index is 0. The van der Waals surface area contributed by atoms with E-state index in [2.05, 4.69) is 4.90 Å². The number of halogens is 2. The maximum Gasteiger partial charge on any atom is 0.122 e. The van der Waals surface area contributed by atoms with E-state index in [4.69, 9.17) is 22.1 Å². The lowest BCUT2D eigenvalue weighted by atomic mass is 10.1. The summed E-state index contributed by atoms with van der Waals surface area (Å²) >= 11 is 6.07. The molecule has 2 rings (SSSR count). The van der Waals surface area contributed by atoms with Gasteiger partial charge in [0.1, 0.15) is 5.75 Å². The Labute approximate surface area is 132 Å². The lowest BCUT2D eigenvalue weighted by Gasteiger charge is -2.17. The first-order chi connectivity index (χ1) is 9.22. The Hall–Kier alpha value is -0.480. The predicted octanol–water partition coefficient (Wildman–Crippen LogP) is 2.98. The molecule has 1 saturated heterocycles. The average Bonchev–Trinajstić information content (AvgIpc) is 2.87. The van der Waals surface area contributed by atoms with Crippen LogP contribution < -0.4 is 10.5 Å². The predicted molar refractivity (Wildman–Crippen MR) is 87.2 cm³/mol. The van der Waals surface area contributed by atoms with Gasteiger partial charge in [-0.05, 0) is 62.5 Å². The van der Waals surface area contributed by atoms with Gasteiger partial charge in [-0.3, -0.25) is 0 Å². The normalized spacial score (nSPS) is 18.9. The molecule has 0 amide bonds. The number of hydrogen-bond acceptors (Lipinski definition) is 3. The molecular weight excluding hydrogens is 295 g/mol. The van der Waals surface area contributed by atoms with Gasteiger partial charge in [0.05, 0.1) is 6.61 Å². The molecule has 0 spiro atoms. The summed E-state index contributed by atoms with van der Waals surface area (Å²) in [5.41, 5.74) is 6.92. The van der Waals surface area contributed by atoms with Crippen LogP contribution in [0.3, 0.4) is 0 Å². The maximum atomic E-state index is 6.07. The average molecular weight is 319 g/mol. The van der Waals surface area contributed by atoms with Crippen LogP contribution in [0.25, 0.3) is 0 Å². The highest BCUT2D eigenvalue weighted by Gasteiger charge is 2.20. The molecule has 0 aliphatic carbocycles. The Morgan fingerprint density at radius 1 is 1.45 bits per heavy atom. The molecule has 0 saturated carbocycles. The molecule has 1 fully saturated rings. The molecule has 0 radical (unpaired) electrons. The van der Waals surface area contributed by atoms with Crippen LogP contribution in [0.2, 0.25) is 5.02 Å². The van der Waals surface area contributed by atoms with Gasteiger partial charge in [0.25, 0.3) is 0 Å². The fourth-order valence-electron chi connectivity index (χ4n) is 2.63. The van der Waals surface area contributed by atoms with Crippen LogP contribution in [0.5, 0.6) is 5.75 Å². The number of nitrogens with two attached hydrogens (primary N) is 1. The van der Waals surface area contributed by atoms with Crippen molar-refractivity contribution in [3.05, 3.63) is 28.8 Å². The summed E-state index contributed by atoms with van der Waals surface area (Å²) in [5, 5.41) is 0.778. The van der Waals surface area contributed by atoms with Crippen LogP contribution in [0.4, 0.5) is 0 Å². The molecule has 1 aliphatic heterocycles. The van der Waals surface area contributed by atoms with Crippen molar-refractivity contribution in [1.82, 2.24) is 4.90 Å². The molecular formula is C15H24Cl2N2O. The number of nitrogens with zero attached hydrogens (tertiary/aromatic N) is 1. The van der Waals surface area contributed by atoms with E-state index in [1.165, 1.54) is 12.0 Å². The molecule has 1 heterocycles. The van der Waals surface area contributed by atoms with E-state index in [9.17, 15) is 0 Å². The van der Waals surface area contributed by atoms with E-state index in [1.807, 2.05) is 25.1 Å². The third-order valence-electron chi connectivity index (χ3n) is 3.72. The number of benzene rings is 1. The van der Waals surface area contributed by atoms with Gasteiger partial charge in [-0.1, -0.05) is 11.6 Å². The van der Waals surface area contributed by atoms with Crippen molar-refractivity contribution in [3.63, 3.8) is 0 Å². The summed E-state index contributed by atoms with van der Waals surface area (Å²) in [7, 11) is 0. The smallest absolute Gasteiger partial charge is 0.122 e. The lowest BCUT2D eigenvalue weighted by Crippen LogP contribution is -2.25. The largest absolute Gasteiger partial charge is 0.494 e. The van der Waals surface area contributed by atoms with Crippen molar-refractivity contribution in [2.24, 2.45) is 11.7 Å². The summed E-state index contributed by atoms with van der Waals surface area (Å²) < 4.78 is 5.65. The molecule has 1 aromatic rings. The number of ether oxygens (including phenoxy) is 1. The van der Waals surface area contributed by atoms with Gasteiger partial charge < -0.3 is 15.4 Å². The highest BCUT2D eigenvalue weighted by Crippen LogP contribution is 2.24. The summed E-state index contributed by atoms with van der Waals surface area (Å²) in [6.07, 6.45) is 2.21. The summed E-state index contributed by atoms with van der Waals surface area (Å²) in [4.78, 5) is 2.48. The van der Waals surface area contributed by atoms with Crippen LogP contribution in [-0.2, 0) is 6.42 Å². The summed E-state index contributed by atoms with van der Waals surface area (Å²) in [5.74, 6) is 1.63. The monoisotopic (exact) mass is 318 g/mol. The first-order valence-electron chi connectivity index (χ1n) is 7.06. The third-order valence-corrected chi connectivity index (χ3v) is 3.96. The second kappa shape index (κ2) is 8.73. The first-order valence-corrected chi connectivity index (χ1v) is 7.44. The van der Waals surface area contributed by atoms with Gasteiger partial charge in [0, 0.05) is 18.1 Å². The Bertz CT molecular complexity index is 415. The second-order valence-electron chi connectivity index (χ2n) is 5.13. The number of rotatable bonds is 6. The third kappa shape index (κ3) is 4.81. The van der Waals surface area contributed by atoms with Crippen molar-refractivity contribution in [3.8, 4) is 5.75 Å². The van der Waals surface area contributed by atoms with Crippen LogP contribution in [0.15, 0.2) is 18.2 Å². The Morgan fingerprint density at radius 2 is 2.25 bits per heavy atom. The molecule has 0 aromatic heterocycles. The molecule has 0 unspecified atom stereocenters. The van der Waals surface area contributed by atoms with Gasteiger partial charge in [-0.25, -0.2) is 0 Å². The molecule has 3 nitrogen and oxygen atoms in total. The Kier molecular flexibility index (Phi) is 7.67. The fraction of sp³-hybridized carbons (Fsp3) is 0.600. The zero-order chi connectivity index (χ0) is 13.7. The van der Waals surface area contributed by atoms with Gasteiger partial charge in [-0.2, -0.15) is 0 Å². The molecule has 0 bridgehead atoms. The maximum absolute atomic E-state index is 6.07. The highest BCUT2D eigenvalue weighted by molar-refractivity contribution is 6.30. The topological polar surface area (TPSA) is 38.5 Å². The van der Waals surface area contributed by atoms with E-state index in [0.717, 1.165) is 43.4 Å². The zero-order valence-corrected chi connectivity index (χ0v) is 13.6. The SMILES string of the molecule is CCOc1ccc(Cl)cc1CCN1CC[C@@H](CN)C1.Cl. The van der Waals surface area contributed by atoms with Crippen molar-refractivity contribution < 1.29 is 4.74 Å². The first kappa shape index (κ1) is 17.6. The highest BCUT2D eigenvalue weighted by atomic mass is 35.5. The molecule has 20 heavy (non-hydrogen) atoms. The fourth-order valence-corrected chi connectivity index (χ4v) is 2.82. The molecule has 114 valence electrons. The van der Waals surface area contributed by atoms with Gasteiger partial charge in [0.2, 0.25) is 0 Å². The van der Waals surface area contributed by atoms with Crippen LogP contribution in [0.1, 0.15) is 18.9 Å². The van der Waals surface area contributed by atoms with E-state index in [0.29, 0.717) is 12.5 Å². The summed E-state index contributed by atoms with van der Waals surface area (Å²) in [6, 6.07) is 5.87. The molecule has 2 N–H and O–H groups in total. The Morgan fingerprint density at radius 3 is 2.90 bits per heavy atom. The van der Waals surface area contributed by atoms with Crippen molar-refractivity contribution in [1.29, 1.82) is 0 Å². The van der Waals surface area contributed by atoms with E-state index in [1.54, 1.807) is 0 Å². The van der Waals surface area contributed by atoms with Crippen LogP contribution >= 0.6 is 24.0 Å². The van der Waals surface area contributed by atoms with Crippen molar-refractivity contribution >= 4 is 24.0 Å². The lowest BCUT2D eigenvalue weighted by molar-refractivity contribution is 0.317. The van der Waals surface area contributed by atoms with Gasteiger partial charge in [-0.15, -0.1) is 12.4 Å². The van der Waals surface area contributed by atoms with E-state index >= 15 is 0 Å². The second-order valence-corrected chi connectivity index (χ2v) is 5.56. The Balaban J connectivity index is 0.00000200. The summed E-state index contributed by atoms with van der Waals surface area (Å²) in [6.45, 7) is 6.83. The molecule has 5 heteroatoms. The minimum Gasteiger partial charge on any atom is -0.494 e. The minimum absolute atomic E-state index is 0. The standard InChI is InChI=1S/C15H23ClN2O.ClH/c1-2-19-15-4-3-14(16)9-13(15)6-8-18-7-5-12(10-17)11-18;/h3-4,9,12H,2,5-8,10-11,17H2,1H3;1H/t12-;/m0./s1. The molecule has 1 atom stereocenters. The number of likely N-dealkylation sites (tertiary alicyclic amines) is 1. The van der Waals surface area contributed by atoms with E-state index < -0.39 is 0 Å².